The second-order valence-electron chi connectivity index (χ2n) is 5.38. The van der Waals surface area contributed by atoms with Crippen LogP contribution in [0.2, 0.25) is 4.34 Å². The van der Waals surface area contributed by atoms with Crippen molar-refractivity contribution in [3.63, 3.8) is 0 Å². The predicted molar refractivity (Wildman–Crippen MR) is 91.8 cm³/mol. The van der Waals surface area contributed by atoms with Gasteiger partial charge in [0.15, 0.2) is 0 Å². The zero-order chi connectivity index (χ0) is 15.5. The van der Waals surface area contributed by atoms with E-state index in [9.17, 15) is 4.79 Å². The number of carbonyl (C=O) groups excluding carboxylic acids is 1. The van der Waals surface area contributed by atoms with Crippen molar-refractivity contribution in [1.82, 2.24) is 4.90 Å². The summed E-state index contributed by atoms with van der Waals surface area (Å²) >= 11 is 7.62. The third-order valence-electron chi connectivity index (χ3n) is 3.90. The van der Waals surface area contributed by atoms with Gasteiger partial charge < -0.3 is 10.6 Å². The molecule has 0 radical (unpaired) electrons. The number of nitrogens with zero attached hydrogens (tertiary/aromatic N) is 2. The number of rotatable bonds is 4. The number of hydrogen-bond acceptors (Lipinski definition) is 4. The molecule has 116 valence electrons. The Hall–Kier alpha value is -1.56. The predicted octanol–water partition coefficient (Wildman–Crippen LogP) is 2.82. The van der Waals surface area contributed by atoms with E-state index in [1.165, 1.54) is 4.88 Å². The van der Waals surface area contributed by atoms with Gasteiger partial charge in [0, 0.05) is 48.9 Å². The molecule has 22 heavy (non-hydrogen) atoms. The van der Waals surface area contributed by atoms with Crippen LogP contribution in [0.3, 0.4) is 0 Å². The van der Waals surface area contributed by atoms with Gasteiger partial charge in [-0.15, -0.1) is 11.3 Å². The van der Waals surface area contributed by atoms with Gasteiger partial charge in [0.05, 0.1) is 4.34 Å². The molecule has 4 nitrogen and oxygen atoms in total. The zero-order valence-electron chi connectivity index (χ0n) is 12.2. The van der Waals surface area contributed by atoms with Gasteiger partial charge in [-0.05, 0) is 36.4 Å². The number of halogens is 1. The summed E-state index contributed by atoms with van der Waals surface area (Å²) in [6.45, 7) is 4.97. The van der Waals surface area contributed by atoms with Crippen LogP contribution in [0.15, 0.2) is 36.4 Å². The Morgan fingerprint density at radius 1 is 1.09 bits per heavy atom. The molecule has 1 aromatic carbocycles. The van der Waals surface area contributed by atoms with Crippen LogP contribution < -0.4 is 10.6 Å². The summed E-state index contributed by atoms with van der Waals surface area (Å²) in [6, 6.07) is 11.6. The number of amides is 1. The topological polar surface area (TPSA) is 49.6 Å². The summed E-state index contributed by atoms with van der Waals surface area (Å²) in [5.74, 6) is -0.383. The SMILES string of the molecule is NC(=O)c1ccc(N2CCN(Cc3ccc(Cl)s3)CC2)cc1. The largest absolute Gasteiger partial charge is 0.369 e. The maximum Gasteiger partial charge on any atom is 0.248 e. The minimum atomic E-state index is -0.383. The lowest BCUT2D eigenvalue weighted by Crippen LogP contribution is -2.45. The molecule has 0 spiro atoms. The van der Waals surface area contributed by atoms with Gasteiger partial charge in [0.1, 0.15) is 0 Å². The van der Waals surface area contributed by atoms with Crippen molar-refractivity contribution in [2.24, 2.45) is 5.73 Å². The van der Waals surface area contributed by atoms with E-state index in [0.29, 0.717) is 5.56 Å². The molecule has 1 amide bonds. The first-order chi connectivity index (χ1) is 10.6. The number of primary amides is 1. The average Bonchev–Trinajstić information content (AvgIpc) is 2.93. The first kappa shape index (κ1) is 15.3. The fourth-order valence-electron chi connectivity index (χ4n) is 2.66. The van der Waals surface area contributed by atoms with Crippen LogP contribution in [0.25, 0.3) is 0 Å². The highest BCUT2D eigenvalue weighted by Crippen LogP contribution is 2.24. The lowest BCUT2D eigenvalue weighted by atomic mass is 10.1. The van der Waals surface area contributed by atoms with Crippen LogP contribution in [0.4, 0.5) is 5.69 Å². The summed E-state index contributed by atoms with van der Waals surface area (Å²) < 4.78 is 0.850. The van der Waals surface area contributed by atoms with Gasteiger partial charge >= 0.3 is 0 Å². The van der Waals surface area contributed by atoms with E-state index in [-0.39, 0.29) is 5.91 Å². The molecule has 2 N–H and O–H groups in total. The maximum atomic E-state index is 11.1. The van der Waals surface area contributed by atoms with Crippen LogP contribution in [0.5, 0.6) is 0 Å². The highest BCUT2D eigenvalue weighted by molar-refractivity contribution is 7.16. The standard InChI is InChI=1S/C16H18ClN3OS/c17-15-6-5-14(22-15)11-19-7-9-20(10-8-19)13-3-1-12(2-4-13)16(18)21/h1-6H,7-11H2,(H2,18,21). The van der Waals surface area contributed by atoms with Crippen molar-refractivity contribution < 1.29 is 4.79 Å². The van der Waals surface area contributed by atoms with Gasteiger partial charge in [-0.2, -0.15) is 0 Å². The number of benzene rings is 1. The lowest BCUT2D eigenvalue weighted by Gasteiger charge is -2.36. The van der Waals surface area contributed by atoms with E-state index < -0.39 is 0 Å². The minimum Gasteiger partial charge on any atom is -0.369 e. The van der Waals surface area contributed by atoms with E-state index in [4.69, 9.17) is 17.3 Å². The number of carbonyl (C=O) groups is 1. The number of nitrogens with two attached hydrogens (primary N) is 1. The summed E-state index contributed by atoms with van der Waals surface area (Å²) in [5, 5.41) is 0. The van der Waals surface area contributed by atoms with Crippen molar-refractivity contribution in [2.45, 2.75) is 6.54 Å². The molecule has 6 heteroatoms. The lowest BCUT2D eigenvalue weighted by molar-refractivity contribution is 0.100. The number of piperazine rings is 1. The van der Waals surface area contributed by atoms with Gasteiger partial charge in [-0.1, -0.05) is 11.6 Å². The molecule has 0 unspecified atom stereocenters. The van der Waals surface area contributed by atoms with Crippen LogP contribution in [-0.2, 0) is 6.54 Å². The van der Waals surface area contributed by atoms with Crippen molar-refractivity contribution in [3.05, 3.63) is 51.2 Å². The molecule has 0 bridgehead atoms. The molecular formula is C16H18ClN3OS. The normalized spacial score (nSPS) is 16.0. The van der Waals surface area contributed by atoms with Crippen molar-refractivity contribution in [3.8, 4) is 0 Å². The Morgan fingerprint density at radius 2 is 1.77 bits per heavy atom. The monoisotopic (exact) mass is 335 g/mol. The first-order valence-electron chi connectivity index (χ1n) is 7.23. The summed E-state index contributed by atoms with van der Waals surface area (Å²) in [4.78, 5) is 17.2. The van der Waals surface area contributed by atoms with E-state index in [2.05, 4.69) is 15.9 Å². The van der Waals surface area contributed by atoms with Gasteiger partial charge in [-0.25, -0.2) is 0 Å². The second-order valence-corrected chi connectivity index (χ2v) is 7.18. The van der Waals surface area contributed by atoms with Gasteiger partial charge in [-0.3, -0.25) is 9.69 Å². The molecule has 2 heterocycles. The molecule has 1 saturated heterocycles. The highest BCUT2D eigenvalue weighted by atomic mass is 35.5. The molecule has 1 fully saturated rings. The highest BCUT2D eigenvalue weighted by Gasteiger charge is 2.18. The molecule has 0 atom stereocenters. The van der Waals surface area contributed by atoms with E-state index in [0.717, 1.165) is 42.7 Å². The van der Waals surface area contributed by atoms with Crippen LogP contribution in [-0.4, -0.2) is 37.0 Å². The third-order valence-corrected chi connectivity index (χ3v) is 5.11. The Labute approximate surface area is 139 Å². The molecule has 2 aromatic rings. The molecule has 1 aliphatic heterocycles. The van der Waals surface area contributed by atoms with Crippen molar-refractivity contribution in [2.75, 3.05) is 31.1 Å². The summed E-state index contributed by atoms with van der Waals surface area (Å²) in [7, 11) is 0. The average molecular weight is 336 g/mol. The van der Waals surface area contributed by atoms with Gasteiger partial charge in [0.2, 0.25) is 5.91 Å². The second kappa shape index (κ2) is 6.69. The Balaban J connectivity index is 1.56. The Bertz CT molecular complexity index is 648. The Kier molecular flexibility index (Phi) is 4.66. The fraction of sp³-hybridized carbons (Fsp3) is 0.312. The van der Waals surface area contributed by atoms with Crippen LogP contribution in [0.1, 0.15) is 15.2 Å². The fourth-order valence-corrected chi connectivity index (χ4v) is 3.79. The first-order valence-corrected chi connectivity index (χ1v) is 8.42. The van der Waals surface area contributed by atoms with E-state index in [1.807, 2.05) is 18.2 Å². The summed E-state index contributed by atoms with van der Waals surface area (Å²) in [5.41, 5.74) is 6.96. The molecular weight excluding hydrogens is 318 g/mol. The van der Waals surface area contributed by atoms with Crippen LogP contribution >= 0.6 is 22.9 Å². The molecule has 0 aliphatic carbocycles. The van der Waals surface area contributed by atoms with E-state index in [1.54, 1.807) is 23.5 Å². The maximum absolute atomic E-state index is 11.1. The number of thiophene rings is 1. The molecule has 1 aromatic heterocycles. The zero-order valence-corrected chi connectivity index (χ0v) is 13.7. The molecule has 0 saturated carbocycles. The molecule has 1 aliphatic rings. The smallest absolute Gasteiger partial charge is 0.248 e. The Morgan fingerprint density at radius 3 is 2.32 bits per heavy atom. The number of hydrogen-bond donors (Lipinski definition) is 1. The molecule has 3 rings (SSSR count). The third kappa shape index (κ3) is 3.61. The number of anilines is 1. The van der Waals surface area contributed by atoms with Gasteiger partial charge in [0.25, 0.3) is 0 Å². The summed E-state index contributed by atoms with van der Waals surface area (Å²) in [6.07, 6.45) is 0. The minimum absolute atomic E-state index is 0.383. The van der Waals surface area contributed by atoms with Crippen molar-refractivity contribution in [1.29, 1.82) is 0 Å². The van der Waals surface area contributed by atoms with E-state index >= 15 is 0 Å². The quantitative estimate of drug-likeness (QED) is 0.934. The van der Waals surface area contributed by atoms with Crippen molar-refractivity contribution >= 4 is 34.5 Å². The van der Waals surface area contributed by atoms with Crippen LogP contribution in [0, 0.1) is 0 Å².